The molecular weight excluding hydrogens is 414 g/mol. The Morgan fingerprint density at radius 1 is 1.28 bits per heavy atom. The number of carboxylic acids is 1. The van der Waals surface area contributed by atoms with Crippen molar-refractivity contribution < 1.29 is 29.7 Å². The normalized spacial score (nSPS) is 16.6. The van der Waals surface area contributed by atoms with Crippen LogP contribution >= 0.6 is 0 Å². The van der Waals surface area contributed by atoms with E-state index in [-0.39, 0.29) is 41.7 Å². The van der Waals surface area contributed by atoms with E-state index in [4.69, 9.17) is 5.11 Å². The molecule has 0 spiro atoms. The Kier molecular flexibility index (Phi) is 8.37. The molecule has 1 aromatic rings. The number of carbonyl (C=O) groups is 3. The number of phenols is 1. The van der Waals surface area contributed by atoms with E-state index in [1.165, 1.54) is 18.2 Å². The lowest BCUT2D eigenvalue weighted by molar-refractivity contribution is -0.136. The Morgan fingerprint density at radius 2 is 2.00 bits per heavy atom. The Balaban J connectivity index is 2.27. The van der Waals surface area contributed by atoms with Gasteiger partial charge in [-0.05, 0) is 24.1 Å². The molecule has 0 aliphatic heterocycles. The third-order valence-electron chi connectivity index (χ3n) is 4.89. The number of carbonyl (C=O) groups excluding carboxylic acids is 2. The van der Waals surface area contributed by atoms with Crippen molar-refractivity contribution in [1.29, 1.82) is 0 Å². The van der Waals surface area contributed by atoms with Crippen LogP contribution in [-0.2, 0) is 9.59 Å². The van der Waals surface area contributed by atoms with Gasteiger partial charge >= 0.3 is 5.97 Å². The monoisotopic (exact) mass is 441 g/mol. The average Bonchev–Trinajstić information content (AvgIpc) is 2.77. The summed E-state index contributed by atoms with van der Waals surface area (Å²) in [6.45, 7) is 9.26. The van der Waals surface area contributed by atoms with E-state index >= 15 is 0 Å². The van der Waals surface area contributed by atoms with Gasteiger partial charge in [0.15, 0.2) is 11.9 Å². The molecule has 1 unspecified atom stereocenters. The highest BCUT2D eigenvalue weighted by Gasteiger charge is 2.39. The summed E-state index contributed by atoms with van der Waals surface area (Å²) in [4.78, 5) is 35.1. The van der Waals surface area contributed by atoms with Gasteiger partial charge in [-0.3, -0.25) is 14.4 Å². The Morgan fingerprint density at radius 3 is 2.59 bits per heavy atom. The van der Waals surface area contributed by atoms with Crippen molar-refractivity contribution in [3.8, 4) is 5.75 Å². The van der Waals surface area contributed by atoms with Gasteiger partial charge in [-0.2, -0.15) is 0 Å². The first kappa shape index (κ1) is 24.4. The number of hydrogen-bond donors (Lipinski definition) is 6. The molecule has 2 atom stereocenters. The van der Waals surface area contributed by atoms with Crippen molar-refractivity contribution in [2.45, 2.75) is 31.9 Å². The van der Waals surface area contributed by atoms with Gasteiger partial charge in [0.05, 0.1) is 29.4 Å². The van der Waals surface area contributed by atoms with Crippen molar-refractivity contribution >= 4 is 23.3 Å². The Hall–Kier alpha value is -3.85. The van der Waals surface area contributed by atoms with Gasteiger partial charge in [0.25, 0.3) is 5.91 Å². The van der Waals surface area contributed by atoms with Gasteiger partial charge in [-0.1, -0.05) is 44.4 Å². The minimum absolute atomic E-state index is 0.0664. The van der Waals surface area contributed by atoms with Crippen LogP contribution in [0.15, 0.2) is 66.6 Å². The van der Waals surface area contributed by atoms with Gasteiger partial charge < -0.3 is 31.3 Å². The largest absolute Gasteiger partial charge is 0.505 e. The zero-order valence-corrected chi connectivity index (χ0v) is 17.7. The van der Waals surface area contributed by atoms with Gasteiger partial charge in [-0.25, -0.2) is 0 Å². The summed E-state index contributed by atoms with van der Waals surface area (Å²) in [6.07, 6.45) is 4.08. The maximum Gasteiger partial charge on any atom is 0.305 e. The smallest absolute Gasteiger partial charge is 0.305 e. The maximum absolute atomic E-state index is 12.3. The van der Waals surface area contributed by atoms with Crippen LogP contribution in [0.1, 0.15) is 30.1 Å². The molecule has 1 aliphatic rings. The number of phenolic OH excluding ortho intramolecular Hbond substituents is 1. The Labute approximate surface area is 185 Å². The third-order valence-corrected chi connectivity index (χ3v) is 4.89. The third kappa shape index (κ3) is 5.44. The number of allylic oxidation sites excluding steroid dienone is 2. The highest BCUT2D eigenvalue weighted by molar-refractivity contribution is 6.11. The molecule has 1 aromatic carbocycles. The summed E-state index contributed by atoms with van der Waals surface area (Å²) in [6, 6.07) is 4.10. The van der Waals surface area contributed by atoms with Crippen molar-refractivity contribution in [1.82, 2.24) is 10.6 Å². The van der Waals surface area contributed by atoms with E-state index in [1.807, 2.05) is 6.92 Å². The molecule has 0 saturated carbocycles. The van der Waals surface area contributed by atoms with Crippen LogP contribution < -0.4 is 16.0 Å². The number of hydrogen-bond acceptors (Lipinski definition) is 7. The fraction of sp³-hybridized carbons (Fsp3) is 0.261. The van der Waals surface area contributed by atoms with E-state index in [9.17, 15) is 24.6 Å². The minimum atomic E-state index is -1.34. The molecule has 1 amide bonds. The molecule has 0 saturated heterocycles. The molecule has 0 aromatic heterocycles. The summed E-state index contributed by atoms with van der Waals surface area (Å²) < 4.78 is 0. The maximum atomic E-state index is 12.3. The first-order chi connectivity index (χ1) is 15.2. The van der Waals surface area contributed by atoms with Crippen molar-refractivity contribution in [3.05, 3.63) is 72.1 Å². The number of carboxylic acid groups (broad SMARTS) is 1. The summed E-state index contributed by atoms with van der Waals surface area (Å²) in [5, 5.41) is 37.7. The zero-order valence-electron chi connectivity index (χ0n) is 17.7. The number of para-hydroxylation sites is 1. The van der Waals surface area contributed by atoms with Crippen molar-refractivity contribution in [2.75, 3.05) is 11.9 Å². The summed E-state index contributed by atoms with van der Waals surface area (Å²) in [5.74, 6) is -2.69. The molecule has 1 aliphatic carbocycles. The number of anilines is 1. The van der Waals surface area contributed by atoms with E-state index in [1.54, 1.807) is 18.2 Å². The van der Waals surface area contributed by atoms with Crippen LogP contribution in [0.25, 0.3) is 0 Å². The summed E-state index contributed by atoms with van der Waals surface area (Å²) >= 11 is 0. The lowest BCUT2D eigenvalue weighted by Gasteiger charge is -2.33. The standard InChI is InChI=1S/C23H27N3O6/c1-4-8-13(5-2)15(6-3)25-18-19(22(31)21(18)30)26-16-10-7-9-14(20(16)29)23(32)24-12-11-17(27)28/h4-5,7-10,15,21,25-26,29-30H,1-2,6,11-12H2,3H3,(H,24,32)(H,27,28)/b13-8+/t15-,21?/m1/s1. The number of aliphatic hydroxyl groups excluding tert-OH is 1. The van der Waals surface area contributed by atoms with Crippen molar-refractivity contribution in [3.63, 3.8) is 0 Å². The number of aliphatic hydroxyl groups is 1. The average molecular weight is 441 g/mol. The predicted octanol–water partition coefficient (Wildman–Crippen LogP) is 1.83. The highest BCUT2D eigenvalue weighted by Crippen LogP contribution is 2.32. The molecule has 32 heavy (non-hydrogen) atoms. The zero-order chi connectivity index (χ0) is 23.8. The first-order valence-electron chi connectivity index (χ1n) is 10.0. The van der Waals surface area contributed by atoms with Gasteiger partial charge in [0, 0.05) is 6.54 Å². The minimum Gasteiger partial charge on any atom is -0.505 e. The molecule has 0 heterocycles. The molecule has 0 bridgehead atoms. The quantitative estimate of drug-likeness (QED) is 0.213. The number of ketones is 1. The van der Waals surface area contributed by atoms with Gasteiger partial charge in [0.2, 0.25) is 5.78 Å². The first-order valence-corrected chi connectivity index (χ1v) is 10.0. The van der Waals surface area contributed by atoms with Gasteiger partial charge in [-0.15, -0.1) is 0 Å². The second-order valence-corrected chi connectivity index (χ2v) is 6.99. The second kappa shape index (κ2) is 11.0. The topological polar surface area (TPSA) is 148 Å². The number of aromatic hydroxyl groups is 1. The fourth-order valence-corrected chi connectivity index (χ4v) is 3.15. The molecule has 9 nitrogen and oxygen atoms in total. The van der Waals surface area contributed by atoms with E-state index in [0.717, 1.165) is 5.57 Å². The van der Waals surface area contributed by atoms with Crippen molar-refractivity contribution in [2.24, 2.45) is 0 Å². The predicted molar refractivity (Wildman–Crippen MR) is 120 cm³/mol. The Bertz CT molecular complexity index is 995. The lowest BCUT2D eigenvalue weighted by atomic mass is 9.92. The van der Waals surface area contributed by atoms with Crippen LogP contribution in [0.4, 0.5) is 5.69 Å². The number of benzene rings is 1. The molecule has 170 valence electrons. The second-order valence-electron chi connectivity index (χ2n) is 6.99. The number of amides is 1. The van der Waals surface area contributed by atoms with Crippen LogP contribution in [0, 0.1) is 0 Å². The fourth-order valence-electron chi connectivity index (χ4n) is 3.15. The SMILES string of the molecule is C=C/C=C(\C=C)[C@@H](CC)NC1=C(Nc2cccc(C(=O)NCCC(=O)O)c2O)C(=O)C1O. The summed E-state index contributed by atoms with van der Waals surface area (Å²) in [5.41, 5.74) is 1.15. The van der Waals surface area contributed by atoms with Crippen LogP contribution in [0.2, 0.25) is 0 Å². The van der Waals surface area contributed by atoms with Gasteiger partial charge in [0.1, 0.15) is 5.70 Å². The molecule has 6 N–H and O–H groups in total. The summed E-state index contributed by atoms with van der Waals surface area (Å²) in [7, 11) is 0. The number of nitrogens with one attached hydrogen (secondary N) is 3. The number of rotatable bonds is 12. The van der Waals surface area contributed by atoms with E-state index in [2.05, 4.69) is 29.1 Å². The number of Topliss-reactive ketones (excluding diaryl/α,β-unsaturated/α-hetero) is 1. The number of aliphatic carboxylic acids is 1. The lowest BCUT2D eigenvalue weighted by Crippen LogP contribution is -2.48. The van der Waals surface area contributed by atoms with E-state index in [0.29, 0.717) is 6.42 Å². The molecule has 2 rings (SSSR count). The molecular formula is C23H27N3O6. The molecule has 0 fully saturated rings. The molecule has 0 radical (unpaired) electrons. The van der Waals surface area contributed by atoms with Crippen LogP contribution in [-0.4, -0.2) is 51.7 Å². The van der Waals surface area contributed by atoms with E-state index < -0.39 is 29.5 Å². The van der Waals surface area contributed by atoms with Crippen LogP contribution in [0.5, 0.6) is 5.75 Å². The molecule has 9 heteroatoms. The highest BCUT2D eigenvalue weighted by atomic mass is 16.4. The van der Waals surface area contributed by atoms with Crippen LogP contribution in [0.3, 0.4) is 0 Å².